The van der Waals surface area contributed by atoms with Gasteiger partial charge in [0.2, 0.25) is 0 Å². The van der Waals surface area contributed by atoms with E-state index in [4.69, 9.17) is 15.1 Å². The van der Waals surface area contributed by atoms with E-state index in [0.29, 0.717) is 5.06 Å². The Morgan fingerprint density at radius 2 is 2.08 bits per heavy atom. The molecule has 2 bridgehead atoms. The molecule has 0 aromatic rings. The normalized spacial score (nSPS) is 33.6. The van der Waals surface area contributed by atoms with Gasteiger partial charge in [0.1, 0.15) is 12.1 Å². The van der Waals surface area contributed by atoms with Gasteiger partial charge in [-0.1, -0.05) is 13.8 Å². The number of hydrogen-bond donors (Lipinski definition) is 3. The first kappa shape index (κ1) is 19.3. The van der Waals surface area contributed by atoms with E-state index in [1.165, 1.54) is 4.90 Å². The summed E-state index contributed by atoms with van der Waals surface area (Å²) >= 11 is 0. The summed E-state index contributed by atoms with van der Waals surface area (Å²) < 4.78 is 35.4. The van der Waals surface area contributed by atoms with Crippen LogP contribution < -0.4 is 11.2 Å². The molecule has 0 spiro atoms. The predicted molar refractivity (Wildman–Crippen MR) is 87.4 cm³/mol. The fourth-order valence-corrected chi connectivity index (χ4v) is 4.26. The highest BCUT2D eigenvalue weighted by molar-refractivity contribution is 7.80. The van der Waals surface area contributed by atoms with Crippen LogP contribution in [0, 0.1) is 5.41 Å². The first-order chi connectivity index (χ1) is 12.0. The maximum absolute atomic E-state index is 12.6. The molecule has 3 fully saturated rings. The summed E-state index contributed by atoms with van der Waals surface area (Å²) in [4.78, 5) is 31.7. The van der Waals surface area contributed by atoms with Crippen molar-refractivity contribution in [3.05, 3.63) is 0 Å². The minimum atomic E-state index is -4.86. The third-order valence-corrected chi connectivity index (χ3v) is 5.73. The number of fused-ring (bicyclic) bond motifs is 2. The van der Waals surface area contributed by atoms with Gasteiger partial charge in [-0.3, -0.25) is 14.2 Å². The van der Waals surface area contributed by atoms with Crippen LogP contribution in [-0.4, -0.2) is 65.6 Å². The highest BCUT2D eigenvalue weighted by Crippen LogP contribution is 2.42. The summed E-state index contributed by atoms with van der Waals surface area (Å²) in [5, 5.41) is 0.621. The van der Waals surface area contributed by atoms with E-state index in [9.17, 15) is 18.0 Å². The number of nitrogens with one attached hydrogen (secondary N) is 1. The summed E-state index contributed by atoms with van der Waals surface area (Å²) in [6.45, 7) is 3.69. The highest BCUT2D eigenvalue weighted by Gasteiger charge is 2.57. The van der Waals surface area contributed by atoms with Crippen molar-refractivity contribution in [2.24, 2.45) is 11.1 Å². The van der Waals surface area contributed by atoms with Crippen molar-refractivity contribution in [1.29, 1.82) is 0 Å². The minimum absolute atomic E-state index is 0.0996. The van der Waals surface area contributed by atoms with E-state index in [0.717, 1.165) is 19.3 Å². The van der Waals surface area contributed by atoms with Crippen molar-refractivity contribution < 1.29 is 31.7 Å². The molecule has 0 aromatic heterocycles. The average Bonchev–Trinajstić information content (AvgIpc) is 3.04. The number of urea groups is 1. The maximum atomic E-state index is 12.6. The molecule has 2 heterocycles. The van der Waals surface area contributed by atoms with E-state index in [1.54, 1.807) is 13.8 Å². The predicted octanol–water partition coefficient (Wildman–Crippen LogP) is -0.447. The van der Waals surface area contributed by atoms with Crippen LogP contribution in [0.3, 0.4) is 0 Å². The number of hydrogen-bond acceptors (Lipinski definition) is 7. The summed E-state index contributed by atoms with van der Waals surface area (Å²) in [6, 6.07) is -2.41. The molecule has 26 heavy (non-hydrogen) atoms. The van der Waals surface area contributed by atoms with E-state index >= 15 is 0 Å². The number of hydroxylamine groups is 3. The number of rotatable bonds is 5. The molecule has 4 N–H and O–H groups in total. The van der Waals surface area contributed by atoms with Gasteiger partial charge < -0.3 is 10.6 Å². The van der Waals surface area contributed by atoms with Gasteiger partial charge in [0, 0.05) is 12.6 Å². The Bertz CT molecular complexity index is 697. The molecule has 11 nitrogen and oxygen atoms in total. The van der Waals surface area contributed by atoms with Gasteiger partial charge in [-0.25, -0.2) is 10.3 Å². The Morgan fingerprint density at radius 1 is 1.38 bits per heavy atom. The molecule has 3 aliphatic rings. The second-order valence-electron chi connectivity index (χ2n) is 7.70. The van der Waals surface area contributed by atoms with Crippen molar-refractivity contribution in [3.8, 4) is 0 Å². The Balaban J connectivity index is 1.71. The largest absolute Gasteiger partial charge is 0.418 e. The van der Waals surface area contributed by atoms with Gasteiger partial charge in [-0.2, -0.15) is 13.5 Å². The zero-order chi connectivity index (χ0) is 19.3. The average molecular weight is 392 g/mol. The lowest BCUT2D eigenvalue weighted by Gasteiger charge is -2.40. The van der Waals surface area contributed by atoms with E-state index in [1.807, 2.05) is 0 Å². The van der Waals surface area contributed by atoms with Gasteiger partial charge in [0.15, 0.2) is 0 Å². The molecule has 12 heteroatoms. The smallest absolute Gasteiger partial charge is 0.325 e. The van der Waals surface area contributed by atoms with Gasteiger partial charge in [-0.15, -0.1) is 4.28 Å². The van der Waals surface area contributed by atoms with Gasteiger partial charge >= 0.3 is 16.4 Å². The third-order valence-electron chi connectivity index (χ3n) is 5.38. The molecule has 2 saturated heterocycles. The monoisotopic (exact) mass is 392 g/mol. The molecule has 3 rings (SSSR count). The molecule has 1 saturated carbocycles. The van der Waals surface area contributed by atoms with Gasteiger partial charge in [-0.05, 0) is 31.1 Å². The molecule has 4 atom stereocenters. The van der Waals surface area contributed by atoms with Crippen molar-refractivity contribution in [3.63, 3.8) is 0 Å². The molecule has 2 aliphatic heterocycles. The standard InChI is InChI=1S/C14H24N4O7S/c1-14(2)6-9(12(19)16-24-10-5-3-4-8(10)15)17-7-11(14)18(13(17)20)25-26(21,22)23/h8-11H,3-7,15H2,1-2H3,(H,16,19)(H,21,22,23). The van der Waals surface area contributed by atoms with Gasteiger partial charge in [0.25, 0.3) is 5.91 Å². The first-order valence-corrected chi connectivity index (χ1v) is 9.84. The van der Waals surface area contributed by atoms with Crippen LogP contribution in [0.1, 0.15) is 39.5 Å². The Hall–Kier alpha value is -1.47. The van der Waals surface area contributed by atoms with Crippen molar-refractivity contribution in [2.45, 2.75) is 63.8 Å². The van der Waals surface area contributed by atoms with Crippen LogP contribution in [0.5, 0.6) is 0 Å². The lowest BCUT2D eigenvalue weighted by molar-refractivity contribution is -0.146. The lowest BCUT2D eigenvalue weighted by atomic mass is 9.76. The van der Waals surface area contributed by atoms with E-state index in [-0.39, 0.29) is 25.1 Å². The zero-order valence-corrected chi connectivity index (χ0v) is 15.4. The second-order valence-corrected chi connectivity index (χ2v) is 8.71. The topological polar surface area (TPSA) is 151 Å². The van der Waals surface area contributed by atoms with Crippen LogP contribution in [0.25, 0.3) is 0 Å². The molecule has 0 aromatic carbocycles. The number of nitrogens with two attached hydrogens (primary N) is 1. The number of piperidine rings is 1. The van der Waals surface area contributed by atoms with Gasteiger partial charge in [0.05, 0.1) is 6.04 Å². The summed E-state index contributed by atoms with van der Waals surface area (Å²) in [5.74, 6) is -0.502. The summed E-state index contributed by atoms with van der Waals surface area (Å²) in [7, 11) is -4.86. The van der Waals surface area contributed by atoms with Crippen molar-refractivity contribution in [1.82, 2.24) is 15.4 Å². The number of carbonyl (C=O) groups excluding carboxylic acids is 2. The molecule has 4 unspecified atom stereocenters. The Morgan fingerprint density at radius 3 is 2.65 bits per heavy atom. The fraction of sp³-hybridized carbons (Fsp3) is 0.857. The Kier molecular flexibility index (Phi) is 4.90. The summed E-state index contributed by atoms with van der Waals surface area (Å²) in [5.41, 5.74) is 7.66. The van der Waals surface area contributed by atoms with Crippen molar-refractivity contribution >= 4 is 22.3 Å². The third kappa shape index (κ3) is 3.64. The number of amides is 3. The second kappa shape index (κ2) is 6.60. The van der Waals surface area contributed by atoms with Crippen molar-refractivity contribution in [2.75, 3.05) is 6.54 Å². The maximum Gasteiger partial charge on any atom is 0.418 e. The van der Waals surface area contributed by atoms with E-state index in [2.05, 4.69) is 9.76 Å². The lowest BCUT2D eigenvalue weighted by Crippen LogP contribution is -2.55. The molecule has 148 valence electrons. The molecular formula is C14H24N4O7S. The fourth-order valence-electron chi connectivity index (χ4n) is 3.89. The molecule has 3 amide bonds. The minimum Gasteiger partial charge on any atom is -0.325 e. The van der Waals surface area contributed by atoms with Crippen LogP contribution in [0.4, 0.5) is 4.79 Å². The summed E-state index contributed by atoms with van der Waals surface area (Å²) in [6.07, 6.45) is 2.51. The molecule has 0 radical (unpaired) electrons. The molecule has 1 aliphatic carbocycles. The van der Waals surface area contributed by atoms with E-state index < -0.39 is 39.8 Å². The Labute approximate surface area is 151 Å². The molecular weight excluding hydrogens is 368 g/mol. The van der Waals surface area contributed by atoms with Crippen LogP contribution >= 0.6 is 0 Å². The van der Waals surface area contributed by atoms with Crippen LogP contribution in [0.15, 0.2) is 0 Å². The SMILES string of the molecule is CC1(C)CC(C(=O)NOC2CCCC2N)N2CC1N(OS(=O)(=O)O)C2=O. The quantitative estimate of drug-likeness (QED) is 0.420. The first-order valence-electron chi connectivity index (χ1n) is 8.47. The highest BCUT2D eigenvalue weighted by atomic mass is 32.3. The van der Waals surface area contributed by atoms with Crippen LogP contribution in [-0.2, 0) is 24.3 Å². The number of carbonyl (C=O) groups is 2. The zero-order valence-electron chi connectivity index (χ0n) is 14.6. The number of nitrogens with zero attached hydrogens (tertiary/aromatic N) is 2. The van der Waals surface area contributed by atoms with Crippen LogP contribution in [0.2, 0.25) is 0 Å².